The van der Waals surface area contributed by atoms with Gasteiger partial charge in [0.1, 0.15) is 22.3 Å². The first-order valence-electron chi connectivity index (χ1n) is 8.25. The van der Waals surface area contributed by atoms with E-state index in [-0.39, 0.29) is 0 Å². The Balaban J connectivity index is 1.83. The molecule has 0 N–H and O–H groups in total. The molecule has 3 rings (SSSR count). The van der Waals surface area contributed by atoms with Crippen molar-refractivity contribution in [2.75, 3.05) is 7.05 Å². The fourth-order valence-corrected chi connectivity index (χ4v) is 3.13. The first kappa shape index (κ1) is 17.7. The van der Waals surface area contributed by atoms with E-state index < -0.39 is 0 Å². The number of aryl methyl sites for hydroxylation is 3. The Hall–Kier alpha value is -2.12. The molecule has 3 aromatic rings. The van der Waals surface area contributed by atoms with E-state index in [1.54, 1.807) is 4.68 Å². The third-order valence-electron chi connectivity index (χ3n) is 4.31. The molecule has 0 saturated heterocycles. The van der Waals surface area contributed by atoms with Gasteiger partial charge in [0.05, 0.1) is 6.20 Å². The van der Waals surface area contributed by atoms with Crippen molar-refractivity contribution in [1.82, 2.24) is 29.6 Å². The molecule has 3 aromatic heterocycles. The van der Waals surface area contributed by atoms with Crippen molar-refractivity contribution in [2.45, 2.75) is 40.4 Å². The lowest BCUT2D eigenvalue weighted by Gasteiger charge is -2.16. The Kier molecular flexibility index (Phi) is 4.96. The van der Waals surface area contributed by atoms with E-state index in [0.29, 0.717) is 17.4 Å². The minimum absolute atomic E-state index is 0.614. The predicted molar refractivity (Wildman–Crippen MR) is 96.3 cm³/mol. The molecule has 8 heteroatoms. The summed E-state index contributed by atoms with van der Waals surface area (Å²) in [6.45, 7) is 8.37. The van der Waals surface area contributed by atoms with Gasteiger partial charge in [-0.2, -0.15) is 10.2 Å². The van der Waals surface area contributed by atoms with Crippen LogP contribution in [0.5, 0.6) is 0 Å². The topological polar surface area (TPSA) is 64.9 Å². The molecular formula is C17H23ClN6O. The maximum absolute atomic E-state index is 6.47. The summed E-state index contributed by atoms with van der Waals surface area (Å²) in [5, 5.41) is 13.6. The molecule has 0 amide bonds. The van der Waals surface area contributed by atoms with Gasteiger partial charge in [-0.3, -0.25) is 14.3 Å². The number of rotatable bonds is 6. The molecule has 25 heavy (non-hydrogen) atoms. The zero-order valence-corrected chi connectivity index (χ0v) is 16.0. The molecule has 0 aliphatic heterocycles. The second-order valence-corrected chi connectivity index (χ2v) is 6.67. The molecule has 0 aromatic carbocycles. The van der Waals surface area contributed by atoms with Gasteiger partial charge in [0.2, 0.25) is 0 Å². The molecule has 134 valence electrons. The third kappa shape index (κ3) is 3.48. The lowest BCUT2D eigenvalue weighted by Crippen LogP contribution is -2.18. The van der Waals surface area contributed by atoms with Crippen LogP contribution in [0.1, 0.15) is 29.5 Å². The Morgan fingerprint density at radius 2 is 2.04 bits per heavy atom. The van der Waals surface area contributed by atoms with Gasteiger partial charge in [0, 0.05) is 49.6 Å². The SMILES string of the molecule is CCn1ncc(CN(C)Cc2c(-c3cc(C)on3)nn(C)c2Cl)c1C. The standard InChI is InChI=1S/C17H23ClN6O/c1-6-24-12(3)13(8-19-24)9-22(4)10-14-16(20-23(5)17(14)18)15-7-11(2)25-21-15/h7-8H,6,9-10H2,1-5H3. The number of halogens is 1. The van der Waals surface area contributed by atoms with Crippen molar-refractivity contribution < 1.29 is 4.52 Å². The van der Waals surface area contributed by atoms with E-state index in [1.165, 1.54) is 11.3 Å². The first-order valence-corrected chi connectivity index (χ1v) is 8.63. The summed E-state index contributed by atoms with van der Waals surface area (Å²) in [5.41, 5.74) is 4.82. The lowest BCUT2D eigenvalue weighted by molar-refractivity contribution is 0.318. The number of aromatic nitrogens is 5. The van der Waals surface area contributed by atoms with Crippen LogP contribution in [-0.4, -0.2) is 36.7 Å². The van der Waals surface area contributed by atoms with Crippen LogP contribution < -0.4 is 0 Å². The minimum Gasteiger partial charge on any atom is -0.361 e. The number of nitrogens with zero attached hydrogens (tertiary/aromatic N) is 6. The summed E-state index contributed by atoms with van der Waals surface area (Å²) in [4.78, 5) is 2.20. The van der Waals surface area contributed by atoms with Crippen LogP contribution in [0.25, 0.3) is 11.4 Å². The molecule has 0 spiro atoms. The summed E-state index contributed by atoms with van der Waals surface area (Å²) in [7, 11) is 3.89. The van der Waals surface area contributed by atoms with Crippen LogP contribution in [0.15, 0.2) is 16.8 Å². The minimum atomic E-state index is 0.614. The highest BCUT2D eigenvalue weighted by Crippen LogP contribution is 2.29. The zero-order valence-electron chi connectivity index (χ0n) is 15.2. The Bertz CT molecular complexity index is 878. The lowest BCUT2D eigenvalue weighted by atomic mass is 10.1. The average Bonchev–Trinajstić information content (AvgIpc) is 3.23. The van der Waals surface area contributed by atoms with Crippen LogP contribution in [0.2, 0.25) is 5.15 Å². The van der Waals surface area contributed by atoms with E-state index in [4.69, 9.17) is 16.1 Å². The van der Waals surface area contributed by atoms with Gasteiger partial charge in [0.25, 0.3) is 0 Å². The number of hydrogen-bond acceptors (Lipinski definition) is 5. The van der Waals surface area contributed by atoms with Crippen LogP contribution in [0, 0.1) is 13.8 Å². The van der Waals surface area contributed by atoms with E-state index in [2.05, 4.69) is 41.1 Å². The van der Waals surface area contributed by atoms with Crippen molar-refractivity contribution in [3.63, 3.8) is 0 Å². The van der Waals surface area contributed by atoms with Crippen molar-refractivity contribution in [3.8, 4) is 11.4 Å². The Morgan fingerprint density at radius 1 is 1.28 bits per heavy atom. The monoisotopic (exact) mass is 362 g/mol. The van der Waals surface area contributed by atoms with Gasteiger partial charge in [-0.15, -0.1) is 0 Å². The van der Waals surface area contributed by atoms with E-state index >= 15 is 0 Å². The van der Waals surface area contributed by atoms with Gasteiger partial charge in [0.15, 0.2) is 0 Å². The summed E-state index contributed by atoms with van der Waals surface area (Å²) in [6.07, 6.45) is 1.93. The molecule has 0 bridgehead atoms. The van der Waals surface area contributed by atoms with Crippen LogP contribution in [-0.2, 0) is 26.7 Å². The fraction of sp³-hybridized carbons (Fsp3) is 0.471. The largest absolute Gasteiger partial charge is 0.361 e. The van der Waals surface area contributed by atoms with Crippen molar-refractivity contribution >= 4 is 11.6 Å². The fourth-order valence-electron chi connectivity index (χ4n) is 2.95. The van der Waals surface area contributed by atoms with Crippen LogP contribution in [0.4, 0.5) is 0 Å². The highest BCUT2D eigenvalue weighted by atomic mass is 35.5. The predicted octanol–water partition coefficient (Wildman–Crippen LogP) is 3.19. The van der Waals surface area contributed by atoms with E-state index in [1.807, 2.05) is 30.9 Å². The molecule has 0 radical (unpaired) electrons. The highest BCUT2D eigenvalue weighted by Gasteiger charge is 2.20. The molecule has 0 aliphatic carbocycles. The summed E-state index contributed by atoms with van der Waals surface area (Å²) >= 11 is 6.47. The number of hydrogen-bond donors (Lipinski definition) is 0. The summed E-state index contributed by atoms with van der Waals surface area (Å²) < 4.78 is 8.86. The van der Waals surface area contributed by atoms with Gasteiger partial charge in [-0.05, 0) is 27.8 Å². The highest BCUT2D eigenvalue weighted by molar-refractivity contribution is 6.30. The quantitative estimate of drug-likeness (QED) is 0.673. The smallest absolute Gasteiger partial charge is 0.134 e. The molecule has 7 nitrogen and oxygen atoms in total. The van der Waals surface area contributed by atoms with Crippen LogP contribution >= 0.6 is 11.6 Å². The van der Waals surface area contributed by atoms with E-state index in [0.717, 1.165) is 30.1 Å². The molecule has 3 heterocycles. The first-order chi connectivity index (χ1) is 11.9. The maximum atomic E-state index is 6.47. The van der Waals surface area contributed by atoms with Gasteiger partial charge < -0.3 is 4.52 Å². The molecule has 0 unspecified atom stereocenters. The maximum Gasteiger partial charge on any atom is 0.134 e. The average molecular weight is 363 g/mol. The van der Waals surface area contributed by atoms with Crippen molar-refractivity contribution in [1.29, 1.82) is 0 Å². The Morgan fingerprint density at radius 3 is 2.64 bits per heavy atom. The molecule has 0 saturated carbocycles. The summed E-state index contributed by atoms with van der Waals surface area (Å²) in [5.74, 6) is 0.749. The molecule has 0 fully saturated rings. The molecule has 0 aliphatic rings. The van der Waals surface area contributed by atoms with Crippen molar-refractivity contribution in [3.05, 3.63) is 40.0 Å². The zero-order chi connectivity index (χ0) is 18.1. The Labute approximate surface area is 152 Å². The van der Waals surface area contributed by atoms with E-state index in [9.17, 15) is 0 Å². The molecule has 0 atom stereocenters. The second-order valence-electron chi connectivity index (χ2n) is 6.31. The second kappa shape index (κ2) is 7.01. The van der Waals surface area contributed by atoms with Gasteiger partial charge in [-0.25, -0.2) is 0 Å². The van der Waals surface area contributed by atoms with Crippen LogP contribution in [0.3, 0.4) is 0 Å². The van der Waals surface area contributed by atoms with Crippen molar-refractivity contribution in [2.24, 2.45) is 7.05 Å². The third-order valence-corrected chi connectivity index (χ3v) is 4.78. The molecular weight excluding hydrogens is 340 g/mol. The normalized spacial score (nSPS) is 11.6. The summed E-state index contributed by atoms with van der Waals surface area (Å²) in [6, 6.07) is 1.87. The van der Waals surface area contributed by atoms with Gasteiger partial charge in [-0.1, -0.05) is 16.8 Å². The van der Waals surface area contributed by atoms with Gasteiger partial charge >= 0.3 is 0 Å².